The van der Waals surface area contributed by atoms with Gasteiger partial charge in [-0.25, -0.2) is 0 Å². The first-order valence-corrected chi connectivity index (χ1v) is 7.60. The number of carbonyl (C=O) groups excluding carboxylic acids is 1. The lowest BCUT2D eigenvalue weighted by atomic mass is 10.1. The predicted molar refractivity (Wildman–Crippen MR) is 77.6 cm³/mol. The third-order valence-corrected chi connectivity index (χ3v) is 5.15. The Bertz CT molecular complexity index is 593. The molecule has 1 N–H and O–H groups in total. The summed E-state index contributed by atoms with van der Waals surface area (Å²) >= 11 is 1.53. The zero-order valence-corrected chi connectivity index (χ0v) is 12.4. The molecule has 2 aromatic rings. The monoisotopic (exact) mass is 277 g/mol. The van der Waals surface area contributed by atoms with E-state index in [9.17, 15) is 4.79 Å². The molecule has 2 heterocycles. The maximum atomic E-state index is 12.3. The first-order chi connectivity index (χ1) is 9.04. The first kappa shape index (κ1) is 12.7. The molecule has 1 fully saturated rings. The van der Waals surface area contributed by atoms with E-state index in [2.05, 4.69) is 17.3 Å². The van der Waals surface area contributed by atoms with Crippen LogP contribution in [0.25, 0.3) is 10.2 Å². The van der Waals surface area contributed by atoms with Crippen molar-refractivity contribution >= 4 is 27.5 Å². The molecule has 102 valence electrons. The number of nitrogens with zero attached hydrogens (tertiary/aromatic N) is 2. The molecule has 1 aliphatic carbocycles. The number of hydrogen-bond donors (Lipinski definition) is 1. The highest BCUT2D eigenvalue weighted by Gasteiger charge is 2.24. The van der Waals surface area contributed by atoms with E-state index >= 15 is 0 Å². The van der Waals surface area contributed by atoms with Crippen LogP contribution >= 0.6 is 11.3 Å². The van der Waals surface area contributed by atoms with Crippen LogP contribution in [0.5, 0.6) is 0 Å². The number of hydrogen-bond acceptors (Lipinski definition) is 3. The molecule has 2 unspecified atom stereocenters. The number of carbonyl (C=O) groups is 1. The van der Waals surface area contributed by atoms with Crippen LogP contribution in [0.4, 0.5) is 0 Å². The zero-order valence-electron chi connectivity index (χ0n) is 11.6. The van der Waals surface area contributed by atoms with Crippen LogP contribution in [0.3, 0.4) is 0 Å². The molecule has 0 radical (unpaired) electrons. The van der Waals surface area contributed by atoms with Gasteiger partial charge in [0.25, 0.3) is 5.91 Å². The minimum Gasteiger partial charge on any atom is -0.349 e. The molecule has 2 atom stereocenters. The van der Waals surface area contributed by atoms with E-state index in [1.165, 1.54) is 17.8 Å². The predicted octanol–water partition coefficient (Wildman–Crippen LogP) is 2.86. The average Bonchev–Trinajstić information content (AvgIpc) is 3.00. The molecule has 5 heteroatoms. The quantitative estimate of drug-likeness (QED) is 0.917. The molecule has 0 saturated heterocycles. The Morgan fingerprint density at radius 3 is 2.95 bits per heavy atom. The maximum Gasteiger partial charge on any atom is 0.261 e. The fourth-order valence-corrected chi connectivity index (χ4v) is 3.94. The van der Waals surface area contributed by atoms with Crippen LogP contribution in [0.15, 0.2) is 6.07 Å². The van der Waals surface area contributed by atoms with Crippen molar-refractivity contribution < 1.29 is 4.79 Å². The van der Waals surface area contributed by atoms with Crippen molar-refractivity contribution in [3.8, 4) is 0 Å². The Balaban J connectivity index is 1.80. The summed E-state index contributed by atoms with van der Waals surface area (Å²) in [4.78, 5) is 14.1. The topological polar surface area (TPSA) is 46.9 Å². The number of amides is 1. The number of fused-ring (bicyclic) bond motifs is 1. The lowest BCUT2D eigenvalue weighted by Crippen LogP contribution is -2.32. The van der Waals surface area contributed by atoms with Gasteiger partial charge in [-0.15, -0.1) is 11.3 Å². The van der Waals surface area contributed by atoms with Gasteiger partial charge in [0.15, 0.2) is 0 Å². The second-order valence-corrected chi connectivity index (χ2v) is 6.66. The largest absolute Gasteiger partial charge is 0.349 e. The van der Waals surface area contributed by atoms with Gasteiger partial charge in [-0.05, 0) is 38.2 Å². The summed E-state index contributed by atoms with van der Waals surface area (Å²) < 4.78 is 1.85. The van der Waals surface area contributed by atoms with Crippen LogP contribution in [0, 0.1) is 12.8 Å². The second kappa shape index (κ2) is 4.63. The zero-order chi connectivity index (χ0) is 13.6. The standard InChI is InChI=1S/C14H19N3OS/c1-8-4-5-10(6-8)15-13(18)12-7-11-9(2)16-17(3)14(11)19-12/h7-8,10H,4-6H2,1-3H3,(H,15,18). The Morgan fingerprint density at radius 2 is 2.32 bits per heavy atom. The summed E-state index contributed by atoms with van der Waals surface area (Å²) in [7, 11) is 1.92. The highest BCUT2D eigenvalue weighted by molar-refractivity contribution is 7.20. The molecule has 0 aromatic carbocycles. The Morgan fingerprint density at radius 1 is 1.53 bits per heavy atom. The summed E-state index contributed by atoms with van der Waals surface area (Å²) in [6.45, 7) is 4.23. The molecular weight excluding hydrogens is 258 g/mol. The summed E-state index contributed by atoms with van der Waals surface area (Å²) in [5.41, 5.74) is 0.988. The molecule has 1 saturated carbocycles. The van der Waals surface area contributed by atoms with Gasteiger partial charge in [0.1, 0.15) is 4.83 Å². The van der Waals surface area contributed by atoms with Gasteiger partial charge in [0.05, 0.1) is 10.6 Å². The van der Waals surface area contributed by atoms with Gasteiger partial charge in [-0.2, -0.15) is 5.10 Å². The Kier molecular flexibility index (Phi) is 3.09. The molecular formula is C14H19N3OS. The molecule has 3 rings (SSSR count). The molecule has 19 heavy (non-hydrogen) atoms. The molecule has 2 aromatic heterocycles. The van der Waals surface area contributed by atoms with Crippen LogP contribution in [0.2, 0.25) is 0 Å². The van der Waals surface area contributed by atoms with E-state index in [0.717, 1.165) is 39.5 Å². The van der Waals surface area contributed by atoms with Crippen molar-refractivity contribution in [3.63, 3.8) is 0 Å². The van der Waals surface area contributed by atoms with Crippen LogP contribution < -0.4 is 5.32 Å². The lowest BCUT2D eigenvalue weighted by Gasteiger charge is -2.11. The third-order valence-electron chi connectivity index (χ3n) is 3.95. The van der Waals surface area contributed by atoms with E-state index in [0.29, 0.717) is 6.04 Å². The number of thiophene rings is 1. The smallest absolute Gasteiger partial charge is 0.261 e. The fraction of sp³-hybridized carbons (Fsp3) is 0.571. The number of nitrogens with one attached hydrogen (secondary N) is 1. The Hall–Kier alpha value is -1.36. The summed E-state index contributed by atoms with van der Waals surface area (Å²) in [6, 6.07) is 2.32. The van der Waals surface area contributed by atoms with Crippen molar-refractivity contribution in [2.75, 3.05) is 0 Å². The van der Waals surface area contributed by atoms with Crippen LogP contribution in [0.1, 0.15) is 41.6 Å². The van der Waals surface area contributed by atoms with Crippen LogP contribution in [-0.4, -0.2) is 21.7 Å². The van der Waals surface area contributed by atoms with Crippen molar-refractivity contribution in [1.29, 1.82) is 0 Å². The average molecular weight is 277 g/mol. The molecule has 1 aliphatic rings. The highest BCUT2D eigenvalue weighted by atomic mass is 32.1. The van der Waals surface area contributed by atoms with Crippen LogP contribution in [-0.2, 0) is 7.05 Å². The third kappa shape index (κ3) is 2.27. The van der Waals surface area contributed by atoms with Gasteiger partial charge in [0.2, 0.25) is 0 Å². The highest BCUT2D eigenvalue weighted by Crippen LogP contribution is 2.29. The molecule has 0 spiro atoms. The maximum absolute atomic E-state index is 12.3. The van der Waals surface area contributed by atoms with E-state index in [1.807, 2.05) is 24.7 Å². The van der Waals surface area contributed by atoms with Crippen molar-refractivity contribution in [2.24, 2.45) is 13.0 Å². The molecule has 0 aliphatic heterocycles. The molecule has 4 nitrogen and oxygen atoms in total. The summed E-state index contributed by atoms with van der Waals surface area (Å²) in [5.74, 6) is 0.804. The van der Waals surface area contributed by atoms with Gasteiger partial charge in [0, 0.05) is 18.5 Å². The number of aromatic nitrogens is 2. The SMILES string of the molecule is Cc1nn(C)c2sc(C(=O)NC3CCC(C)C3)cc12. The van der Waals surface area contributed by atoms with E-state index in [-0.39, 0.29) is 5.91 Å². The Labute approximate surface area is 116 Å². The minimum absolute atomic E-state index is 0.0692. The van der Waals surface area contributed by atoms with Gasteiger partial charge in [-0.1, -0.05) is 6.92 Å². The van der Waals surface area contributed by atoms with Crippen molar-refractivity contribution in [3.05, 3.63) is 16.6 Å². The van der Waals surface area contributed by atoms with Crippen molar-refractivity contribution in [1.82, 2.24) is 15.1 Å². The minimum atomic E-state index is 0.0692. The lowest BCUT2D eigenvalue weighted by molar-refractivity contribution is 0.0941. The van der Waals surface area contributed by atoms with E-state index in [1.54, 1.807) is 0 Å². The first-order valence-electron chi connectivity index (χ1n) is 6.78. The van der Waals surface area contributed by atoms with E-state index in [4.69, 9.17) is 0 Å². The molecule has 0 bridgehead atoms. The summed E-state index contributed by atoms with van der Waals surface area (Å²) in [5, 5.41) is 8.61. The fourth-order valence-electron chi connectivity index (χ4n) is 2.91. The van der Waals surface area contributed by atoms with Crippen molar-refractivity contribution in [2.45, 2.75) is 39.2 Å². The van der Waals surface area contributed by atoms with Gasteiger partial charge in [-0.3, -0.25) is 9.48 Å². The number of rotatable bonds is 2. The number of aryl methyl sites for hydroxylation is 2. The van der Waals surface area contributed by atoms with Gasteiger partial charge < -0.3 is 5.32 Å². The molecule has 1 amide bonds. The normalized spacial score (nSPS) is 23.1. The summed E-state index contributed by atoms with van der Waals surface area (Å²) in [6.07, 6.45) is 3.44. The second-order valence-electron chi connectivity index (χ2n) is 5.63. The van der Waals surface area contributed by atoms with E-state index < -0.39 is 0 Å². The van der Waals surface area contributed by atoms with Gasteiger partial charge >= 0.3 is 0 Å².